The smallest absolute Gasteiger partial charge is 0.0992 e. The van der Waals surface area contributed by atoms with Gasteiger partial charge in [-0.2, -0.15) is 5.26 Å². The van der Waals surface area contributed by atoms with Crippen LogP contribution >= 0.6 is 23.4 Å². The van der Waals surface area contributed by atoms with Crippen molar-refractivity contribution in [2.75, 3.05) is 0 Å². The van der Waals surface area contributed by atoms with Gasteiger partial charge in [0.25, 0.3) is 0 Å². The molecule has 0 saturated heterocycles. The van der Waals surface area contributed by atoms with Crippen LogP contribution in [0.4, 0.5) is 0 Å². The van der Waals surface area contributed by atoms with Gasteiger partial charge in [-0.1, -0.05) is 29.8 Å². The zero-order valence-corrected chi connectivity index (χ0v) is 11.7. The third-order valence-electron chi connectivity index (χ3n) is 2.66. The van der Waals surface area contributed by atoms with Crippen molar-refractivity contribution in [3.05, 3.63) is 64.2 Å². The zero-order valence-electron chi connectivity index (χ0n) is 10.1. The van der Waals surface area contributed by atoms with Crippen LogP contribution in [0.1, 0.15) is 16.7 Å². The van der Waals surface area contributed by atoms with Gasteiger partial charge in [-0.15, -0.1) is 11.8 Å². The molecular formula is C15H12ClNOS. The molecule has 2 rings (SSSR count). The molecule has 19 heavy (non-hydrogen) atoms. The van der Waals surface area contributed by atoms with E-state index in [1.807, 2.05) is 30.3 Å². The molecule has 0 unspecified atom stereocenters. The molecule has 0 atom stereocenters. The summed E-state index contributed by atoms with van der Waals surface area (Å²) in [6.07, 6.45) is 0. The van der Waals surface area contributed by atoms with Crippen LogP contribution < -0.4 is 0 Å². The van der Waals surface area contributed by atoms with E-state index >= 15 is 0 Å². The highest BCUT2D eigenvalue weighted by Crippen LogP contribution is 2.27. The number of halogens is 1. The van der Waals surface area contributed by atoms with Crippen LogP contribution in [0.5, 0.6) is 0 Å². The Labute approximate surface area is 121 Å². The fourth-order valence-corrected chi connectivity index (χ4v) is 2.94. The molecule has 0 aliphatic rings. The molecule has 2 aromatic carbocycles. The number of aliphatic hydroxyl groups is 1. The van der Waals surface area contributed by atoms with E-state index in [-0.39, 0.29) is 6.61 Å². The summed E-state index contributed by atoms with van der Waals surface area (Å²) in [5.74, 6) is 0.736. The lowest BCUT2D eigenvalue weighted by Gasteiger charge is -2.06. The van der Waals surface area contributed by atoms with Gasteiger partial charge in [0.05, 0.1) is 18.2 Å². The van der Waals surface area contributed by atoms with Gasteiger partial charge in [0.15, 0.2) is 0 Å². The van der Waals surface area contributed by atoms with Crippen molar-refractivity contribution < 1.29 is 5.11 Å². The molecule has 0 fully saturated rings. The Morgan fingerprint density at radius 1 is 1.21 bits per heavy atom. The predicted molar refractivity (Wildman–Crippen MR) is 78.1 cm³/mol. The molecule has 96 valence electrons. The van der Waals surface area contributed by atoms with E-state index in [1.54, 1.807) is 23.9 Å². The Balaban J connectivity index is 2.08. The number of hydrogen-bond donors (Lipinski definition) is 1. The van der Waals surface area contributed by atoms with Gasteiger partial charge < -0.3 is 5.11 Å². The number of nitrogens with zero attached hydrogens (tertiary/aromatic N) is 1. The molecular weight excluding hydrogens is 278 g/mol. The number of hydrogen-bond acceptors (Lipinski definition) is 3. The van der Waals surface area contributed by atoms with Gasteiger partial charge >= 0.3 is 0 Å². The van der Waals surface area contributed by atoms with E-state index < -0.39 is 0 Å². The average molecular weight is 290 g/mol. The quantitative estimate of drug-likeness (QED) is 0.865. The second-order valence-corrected chi connectivity index (χ2v) is 5.47. The van der Waals surface area contributed by atoms with Crippen LogP contribution in [-0.4, -0.2) is 5.11 Å². The molecule has 0 heterocycles. The maximum Gasteiger partial charge on any atom is 0.0992 e. The zero-order chi connectivity index (χ0) is 13.7. The highest BCUT2D eigenvalue weighted by molar-refractivity contribution is 7.98. The molecule has 0 amide bonds. The highest BCUT2D eigenvalue weighted by atomic mass is 35.5. The van der Waals surface area contributed by atoms with Gasteiger partial charge in [0, 0.05) is 15.7 Å². The first-order chi connectivity index (χ1) is 9.22. The molecule has 0 spiro atoms. The van der Waals surface area contributed by atoms with E-state index in [9.17, 15) is 0 Å². The summed E-state index contributed by atoms with van der Waals surface area (Å²) in [5, 5.41) is 18.5. The van der Waals surface area contributed by atoms with Crippen LogP contribution in [0.25, 0.3) is 0 Å². The van der Waals surface area contributed by atoms with Gasteiger partial charge in [0.2, 0.25) is 0 Å². The normalized spacial score (nSPS) is 10.2. The Hall–Kier alpha value is -1.47. The molecule has 0 radical (unpaired) electrons. The molecule has 0 aromatic heterocycles. The minimum absolute atomic E-state index is 0.0476. The Morgan fingerprint density at radius 2 is 2.05 bits per heavy atom. The summed E-state index contributed by atoms with van der Waals surface area (Å²) in [4.78, 5) is 1.09. The first kappa shape index (κ1) is 14.0. The first-order valence-electron chi connectivity index (χ1n) is 5.74. The summed E-state index contributed by atoms with van der Waals surface area (Å²) >= 11 is 7.78. The highest BCUT2D eigenvalue weighted by Gasteiger charge is 2.03. The van der Waals surface area contributed by atoms with Crippen LogP contribution in [-0.2, 0) is 12.4 Å². The van der Waals surface area contributed by atoms with Gasteiger partial charge in [-0.3, -0.25) is 0 Å². The summed E-state index contributed by atoms with van der Waals surface area (Å²) < 4.78 is 0. The number of thioether (sulfide) groups is 1. The minimum atomic E-state index is 0.0476. The molecule has 0 aliphatic carbocycles. The fraction of sp³-hybridized carbons (Fsp3) is 0.133. The molecule has 1 N–H and O–H groups in total. The van der Waals surface area contributed by atoms with Crippen molar-refractivity contribution in [1.29, 1.82) is 5.26 Å². The van der Waals surface area contributed by atoms with E-state index in [1.165, 1.54) is 0 Å². The molecule has 2 nitrogen and oxygen atoms in total. The van der Waals surface area contributed by atoms with E-state index in [0.29, 0.717) is 10.6 Å². The lowest BCUT2D eigenvalue weighted by molar-refractivity contribution is 0.281. The van der Waals surface area contributed by atoms with E-state index in [0.717, 1.165) is 21.8 Å². The molecule has 0 bridgehead atoms. The summed E-state index contributed by atoms with van der Waals surface area (Å²) in [6.45, 7) is 0.0476. The second-order valence-electron chi connectivity index (χ2n) is 4.01. The topological polar surface area (TPSA) is 44.0 Å². The maximum absolute atomic E-state index is 9.09. The Morgan fingerprint density at radius 3 is 2.74 bits per heavy atom. The standard InChI is InChI=1S/C15H12ClNOS/c16-15-7-11(8-17)4-5-13(15)10-19-14-3-1-2-12(6-14)9-18/h1-7,18H,9-10H2. The molecule has 0 aliphatic heterocycles. The molecule has 0 saturated carbocycles. The monoisotopic (exact) mass is 289 g/mol. The number of rotatable bonds is 4. The summed E-state index contributed by atoms with van der Waals surface area (Å²) in [7, 11) is 0. The largest absolute Gasteiger partial charge is 0.392 e. The Kier molecular flexibility index (Phi) is 4.86. The van der Waals surface area contributed by atoms with Gasteiger partial charge in [-0.25, -0.2) is 0 Å². The SMILES string of the molecule is N#Cc1ccc(CSc2cccc(CO)c2)c(Cl)c1. The fourth-order valence-electron chi connectivity index (χ4n) is 1.63. The van der Waals surface area contributed by atoms with Crippen LogP contribution in [0.2, 0.25) is 5.02 Å². The van der Waals surface area contributed by atoms with Crippen LogP contribution in [0.3, 0.4) is 0 Å². The van der Waals surface area contributed by atoms with Crippen molar-refractivity contribution in [3.63, 3.8) is 0 Å². The van der Waals surface area contributed by atoms with Crippen molar-refractivity contribution in [2.45, 2.75) is 17.3 Å². The lowest BCUT2D eigenvalue weighted by atomic mass is 10.2. The van der Waals surface area contributed by atoms with Crippen LogP contribution in [0.15, 0.2) is 47.4 Å². The van der Waals surface area contributed by atoms with Gasteiger partial charge in [0.1, 0.15) is 0 Å². The third-order valence-corrected chi connectivity index (χ3v) is 4.05. The van der Waals surface area contributed by atoms with Crippen molar-refractivity contribution in [3.8, 4) is 6.07 Å². The van der Waals surface area contributed by atoms with Crippen molar-refractivity contribution in [2.24, 2.45) is 0 Å². The van der Waals surface area contributed by atoms with Crippen molar-refractivity contribution >= 4 is 23.4 Å². The predicted octanol–water partition coefficient (Wildman–Crippen LogP) is 4.00. The number of nitriles is 1. The third kappa shape index (κ3) is 3.74. The van der Waals surface area contributed by atoms with Crippen molar-refractivity contribution in [1.82, 2.24) is 0 Å². The number of benzene rings is 2. The molecule has 4 heteroatoms. The minimum Gasteiger partial charge on any atom is -0.392 e. The van der Waals surface area contributed by atoms with Gasteiger partial charge in [-0.05, 0) is 35.4 Å². The second kappa shape index (κ2) is 6.63. The molecule has 2 aromatic rings. The maximum atomic E-state index is 9.09. The summed E-state index contributed by atoms with van der Waals surface area (Å²) in [6, 6.07) is 15.2. The van der Waals surface area contributed by atoms with E-state index in [2.05, 4.69) is 6.07 Å². The average Bonchev–Trinajstić information content (AvgIpc) is 2.46. The van der Waals surface area contributed by atoms with E-state index in [4.69, 9.17) is 22.0 Å². The first-order valence-corrected chi connectivity index (χ1v) is 7.10. The Bertz CT molecular complexity index is 622. The lowest BCUT2D eigenvalue weighted by Crippen LogP contribution is -1.86. The number of aliphatic hydroxyl groups excluding tert-OH is 1. The van der Waals surface area contributed by atoms with Crippen LogP contribution in [0, 0.1) is 11.3 Å². The summed E-state index contributed by atoms with van der Waals surface area (Å²) in [5.41, 5.74) is 2.47.